The van der Waals surface area contributed by atoms with Crippen LogP contribution in [0.3, 0.4) is 0 Å². The number of aromatic carboxylic acids is 1. The lowest BCUT2D eigenvalue weighted by Gasteiger charge is -2.38. The zero-order valence-electron chi connectivity index (χ0n) is 18.7. The van der Waals surface area contributed by atoms with Gasteiger partial charge in [0.05, 0.1) is 25.2 Å². The van der Waals surface area contributed by atoms with Gasteiger partial charge in [0.2, 0.25) is 10.0 Å². The van der Waals surface area contributed by atoms with Gasteiger partial charge in [0.15, 0.2) is 0 Å². The molecule has 4 rings (SSSR count). The first-order valence-corrected chi connectivity index (χ1v) is 12.6. The molecule has 0 saturated carbocycles. The van der Waals surface area contributed by atoms with Crippen LogP contribution in [0.1, 0.15) is 33.1 Å². The van der Waals surface area contributed by atoms with Crippen molar-refractivity contribution in [2.24, 2.45) is 0 Å². The Hall–Kier alpha value is -2.98. The number of carbonyl (C=O) groups is 1. The molecule has 1 heterocycles. The molecule has 0 spiro atoms. The Kier molecular flexibility index (Phi) is 6.88. The molecule has 1 atom stereocenters. The SMILES string of the molecule is COc1cc2c(c(OC)c1)[C@H](c1cc(Cl)cc(Cl)c1)N(S(=O)(=O)c1ccc(O)c(C(=O)O)c1)CC2. The molecule has 0 bridgehead atoms. The van der Waals surface area contributed by atoms with Crippen molar-refractivity contribution in [3.05, 3.63) is 80.8 Å². The molecule has 1 aliphatic rings. The number of rotatable bonds is 6. The average Bonchev–Trinajstić information content (AvgIpc) is 2.81. The molecule has 0 aromatic heterocycles. The molecule has 0 amide bonds. The van der Waals surface area contributed by atoms with E-state index in [1.165, 1.54) is 24.6 Å². The van der Waals surface area contributed by atoms with Crippen molar-refractivity contribution in [2.75, 3.05) is 20.8 Å². The van der Waals surface area contributed by atoms with Gasteiger partial charge in [-0.2, -0.15) is 4.31 Å². The third kappa shape index (κ3) is 4.64. The molecule has 0 aliphatic carbocycles. The lowest BCUT2D eigenvalue weighted by molar-refractivity contribution is 0.0693. The van der Waals surface area contributed by atoms with Crippen LogP contribution in [0.4, 0.5) is 0 Å². The highest BCUT2D eigenvalue weighted by Gasteiger charge is 2.40. The summed E-state index contributed by atoms with van der Waals surface area (Å²) < 4.78 is 40.0. The fourth-order valence-corrected chi connectivity index (χ4v) is 6.43. The predicted octanol–water partition coefficient (Wildman–Crippen LogP) is 4.75. The number of nitrogens with zero attached hydrogens (tertiary/aromatic N) is 1. The number of fused-ring (bicyclic) bond motifs is 1. The number of carboxylic acid groups (broad SMARTS) is 1. The van der Waals surface area contributed by atoms with Gasteiger partial charge in [-0.05, 0) is 60.0 Å². The summed E-state index contributed by atoms with van der Waals surface area (Å²) in [6, 6.07) is 10.5. The summed E-state index contributed by atoms with van der Waals surface area (Å²) in [6.45, 7) is 0.0732. The van der Waals surface area contributed by atoms with E-state index in [2.05, 4.69) is 0 Å². The maximum atomic E-state index is 13.9. The van der Waals surface area contributed by atoms with Gasteiger partial charge in [-0.3, -0.25) is 0 Å². The molecule has 0 unspecified atom stereocenters. The zero-order chi connectivity index (χ0) is 25.5. The maximum absolute atomic E-state index is 13.9. The Morgan fingerprint density at radius 1 is 1.03 bits per heavy atom. The second-order valence-electron chi connectivity index (χ2n) is 7.86. The largest absolute Gasteiger partial charge is 0.507 e. The van der Waals surface area contributed by atoms with E-state index in [0.29, 0.717) is 39.1 Å². The lowest BCUT2D eigenvalue weighted by atomic mass is 9.88. The number of benzene rings is 3. The van der Waals surface area contributed by atoms with Crippen molar-refractivity contribution in [1.82, 2.24) is 4.31 Å². The molecule has 35 heavy (non-hydrogen) atoms. The Morgan fingerprint density at radius 2 is 1.71 bits per heavy atom. The molecule has 8 nitrogen and oxygen atoms in total. The van der Waals surface area contributed by atoms with Gasteiger partial charge >= 0.3 is 5.97 Å². The minimum Gasteiger partial charge on any atom is -0.507 e. The number of aromatic hydroxyl groups is 1. The van der Waals surface area contributed by atoms with Gasteiger partial charge in [-0.25, -0.2) is 13.2 Å². The lowest BCUT2D eigenvalue weighted by Crippen LogP contribution is -2.40. The summed E-state index contributed by atoms with van der Waals surface area (Å²) >= 11 is 12.5. The molecule has 11 heteroatoms. The van der Waals surface area contributed by atoms with Crippen LogP contribution >= 0.6 is 23.2 Å². The van der Waals surface area contributed by atoms with Crippen LogP contribution in [0.15, 0.2) is 53.4 Å². The Morgan fingerprint density at radius 3 is 2.31 bits per heavy atom. The van der Waals surface area contributed by atoms with Crippen LogP contribution in [0.5, 0.6) is 17.2 Å². The third-order valence-electron chi connectivity index (χ3n) is 5.83. The molecular formula is C24H21Cl2NO7S. The molecule has 0 radical (unpaired) electrons. The molecule has 184 valence electrons. The van der Waals surface area contributed by atoms with Gasteiger partial charge in [0, 0.05) is 28.2 Å². The van der Waals surface area contributed by atoms with Crippen LogP contribution in [-0.4, -0.2) is 49.7 Å². The molecule has 3 aromatic carbocycles. The number of hydrogen-bond acceptors (Lipinski definition) is 6. The van der Waals surface area contributed by atoms with Crippen molar-refractivity contribution in [3.8, 4) is 17.2 Å². The van der Waals surface area contributed by atoms with Gasteiger partial charge in [0.1, 0.15) is 22.8 Å². The van der Waals surface area contributed by atoms with Crippen molar-refractivity contribution >= 4 is 39.2 Å². The molecule has 0 saturated heterocycles. The highest BCUT2D eigenvalue weighted by molar-refractivity contribution is 7.89. The zero-order valence-corrected chi connectivity index (χ0v) is 21.0. The summed E-state index contributed by atoms with van der Waals surface area (Å²) in [5.41, 5.74) is 1.41. The van der Waals surface area contributed by atoms with Crippen LogP contribution < -0.4 is 9.47 Å². The second-order valence-corrected chi connectivity index (χ2v) is 10.6. The van der Waals surface area contributed by atoms with Gasteiger partial charge in [-0.15, -0.1) is 0 Å². The van der Waals surface area contributed by atoms with Crippen molar-refractivity contribution < 1.29 is 32.9 Å². The van der Waals surface area contributed by atoms with E-state index in [0.717, 1.165) is 17.7 Å². The number of methoxy groups -OCH3 is 2. The van der Waals surface area contributed by atoms with E-state index in [9.17, 15) is 23.4 Å². The summed E-state index contributed by atoms with van der Waals surface area (Å²) in [4.78, 5) is 11.2. The Bertz CT molecular complexity index is 1390. The summed E-state index contributed by atoms with van der Waals surface area (Å²) in [5, 5.41) is 19.9. The fraction of sp³-hybridized carbons (Fsp3) is 0.208. The first-order chi connectivity index (χ1) is 16.6. The van der Waals surface area contributed by atoms with E-state index in [1.54, 1.807) is 24.3 Å². The second kappa shape index (κ2) is 9.58. The number of carboxylic acids is 1. The summed E-state index contributed by atoms with van der Waals surface area (Å²) in [5.74, 6) is -1.01. The van der Waals surface area contributed by atoms with Crippen LogP contribution in [0.2, 0.25) is 10.0 Å². The highest BCUT2D eigenvalue weighted by Crippen LogP contribution is 2.46. The van der Waals surface area contributed by atoms with Crippen molar-refractivity contribution in [2.45, 2.75) is 17.4 Å². The van der Waals surface area contributed by atoms with E-state index in [4.69, 9.17) is 32.7 Å². The van der Waals surface area contributed by atoms with Crippen molar-refractivity contribution in [1.29, 1.82) is 0 Å². The Balaban J connectivity index is 1.97. The molecular weight excluding hydrogens is 517 g/mol. The standard InChI is InChI=1S/C24H21Cl2NO7S/c1-33-17-9-13-5-6-27(35(31,32)18-3-4-20(28)19(12-18)24(29)30)23(22(13)21(11-17)34-2)14-7-15(25)10-16(26)8-14/h3-4,7-12,23,28H,5-6H2,1-2H3,(H,29,30)/t23-/m0/s1. The highest BCUT2D eigenvalue weighted by atomic mass is 35.5. The van der Waals surface area contributed by atoms with Crippen molar-refractivity contribution in [3.63, 3.8) is 0 Å². The summed E-state index contributed by atoms with van der Waals surface area (Å²) in [6.07, 6.45) is 0.344. The molecule has 2 N–H and O–H groups in total. The van der Waals surface area contributed by atoms with Gasteiger partial charge < -0.3 is 19.7 Å². The van der Waals surface area contributed by atoms with Crippen LogP contribution in [0.25, 0.3) is 0 Å². The molecule has 3 aromatic rings. The van der Waals surface area contributed by atoms with E-state index in [1.807, 2.05) is 6.07 Å². The molecule has 1 aliphatic heterocycles. The number of hydrogen-bond donors (Lipinski definition) is 2. The number of halogens is 2. The van der Waals surface area contributed by atoms with E-state index in [-0.39, 0.29) is 11.4 Å². The van der Waals surface area contributed by atoms with Crippen LogP contribution in [-0.2, 0) is 16.4 Å². The number of ether oxygens (including phenoxy) is 2. The minimum atomic E-state index is -4.26. The molecule has 0 fully saturated rings. The topological polar surface area (TPSA) is 113 Å². The van der Waals surface area contributed by atoms with E-state index >= 15 is 0 Å². The summed E-state index contributed by atoms with van der Waals surface area (Å²) in [7, 11) is -1.25. The quantitative estimate of drug-likeness (QED) is 0.466. The third-order valence-corrected chi connectivity index (χ3v) is 8.12. The van der Waals surface area contributed by atoms with E-state index < -0.39 is 33.3 Å². The minimum absolute atomic E-state index is 0.0732. The monoisotopic (exact) mass is 537 g/mol. The maximum Gasteiger partial charge on any atom is 0.339 e. The number of phenols is 1. The van der Waals surface area contributed by atoms with Gasteiger partial charge in [0.25, 0.3) is 0 Å². The Labute approximate surface area is 212 Å². The first kappa shape index (κ1) is 25.1. The predicted molar refractivity (Wildman–Crippen MR) is 131 cm³/mol. The first-order valence-electron chi connectivity index (χ1n) is 10.4. The normalized spacial score (nSPS) is 15.9. The smallest absolute Gasteiger partial charge is 0.339 e. The number of sulfonamides is 1. The fourth-order valence-electron chi connectivity index (χ4n) is 4.27. The average molecular weight is 538 g/mol. The van der Waals surface area contributed by atoms with Crippen LogP contribution in [0, 0.1) is 0 Å². The van der Waals surface area contributed by atoms with Gasteiger partial charge in [-0.1, -0.05) is 23.2 Å².